The van der Waals surface area contributed by atoms with Crippen LogP contribution in [-0.2, 0) is 16.0 Å². The first-order chi connectivity index (χ1) is 11.5. The second-order valence-corrected chi connectivity index (χ2v) is 5.86. The topological polar surface area (TPSA) is 75.4 Å². The van der Waals surface area contributed by atoms with Crippen molar-refractivity contribution >= 4 is 23.2 Å². The van der Waals surface area contributed by atoms with Gasteiger partial charge in [-0.3, -0.25) is 9.59 Å². The van der Waals surface area contributed by atoms with Gasteiger partial charge in [0.1, 0.15) is 0 Å². The standard InChI is InChI=1S/C19H23N3O2/c1-14-7-10-16(11-8-14)21-18(23)13-22(2)19(24)12-9-15-5-3-4-6-17(15)20/h3-8,10-11H,9,12-13,20H2,1-2H3,(H,21,23). The lowest BCUT2D eigenvalue weighted by molar-refractivity contribution is -0.133. The van der Waals surface area contributed by atoms with Gasteiger partial charge in [-0.05, 0) is 37.1 Å². The first-order valence-corrected chi connectivity index (χ1v) is 7.89. The fourth-order valence-corrected chi connectivity index (χ4v) is 2.34. The van der Waals surface area contributed by atoms with E-state index in [0.717, 1.165) is 16.8 Å². The molecule has 0 heterocycles. The lowest BCUT2D eigenvalue weighted by atomic mass is 10.1. The van der Waals surface area contributed by atoms with Crippen molar-refractivity contribution in [1.29, 1.82) is 0 Å². The Morgan fingerprint density at radius 2 is 1.75 bits per heavy atom. The summed E-state index contributed by atoms with van der Waals surface area (Å²) >= 11 is 0. The van der Waals surface area contributed by atoms with E-state index in [0.29, 0.717) is 18.5 Å². The van der Waals surface area contributed by atoms with Crippen LogP contribution in [0.3, 0.4) is 0 Å². The number of nitrogens with zero attached hydrogens (tertiary/aromatic N) is 1. The summed E-state index contributed by atoms with van der Waals surface area (Å²) in [5.41, 5.74) is 9.35. The lowest BCUT2D eigenvalue weighted by Crippen LogP contribution is -2.35. The van der Waals surface area contributed by atoms with Crippen molar-refractivity contribution in [1.82, 2.24) is 4.90 Å². The van der Waals surface area contributed by atoms with E-state index in [1.165, 1.54) is 4.90 Å². The summed E-state index contributed by atoms with van der Waals surface area (Å²) in [5.74, 6) is -0.300. The highest BCUT2D eigenvalue weighted by Gasteiger charge is 2.13. The molecule has 5 nitrogen and oxygen atoms in total. The Labute approximate surface area is 142 Å². The predicted molar refractivity (Wildman–Crippen MR) is 96.6 cm³/mol. The zero-order valence-electron chi connectivity index (χ0n) is 14.1. The van der Waals surface area contributed by atoms with Crippen molar-refractivity contribution < 1.29 is 9.59 Å². The summed E-state index contributed by atoms with van der Waals surface area (Å²) < 4.78 is 0. The number of anilines is 2. The van der Waals surface area contributed by atoms with Crippen molar-refractivity contribution in [3.63, 3.8) is 0 Å². The number of hydrogen-bond donors (Lipinski definition) is 2. The third kappa shape index (κ3) is 5.12. The molecule has 126 valence electrons. The number of nitrogens with two attached hydrogens (primary N) is 1. The van der Waals surface area contributed by atoms with Gasteiger partial charge in [-0.15, -0.1) is 0 Å². The third-order valence-corrected chi connectivity index (χ3v) is 3.81. The van der Waals surface area contributed by atoms with E-state index in [4.69, 9.17) is 5.73 Å². The van der Waals surface area contributed by atoms with Gasteiger partial charge in [0.25, 0.3) is 0 Å². The van der Waals surface area contributed by atoms with Crippen LogP contribution in [0.5, 0.6) is 0 Å². The van der Waals surface area contributed by atoms with Gasteiger partial charge < -0.3 is 16.0 Å². The summed E-state index contributed by atoms with van der Waals surface area (Å²) in [6.45, 7) is 2.01. The van der Waals surface area contributed by atoms with Crippen LogP contribution in [-0.4, -0.2) is 30.3 Å². The highest BCUT2D eigenvalue weighted by atomic mass is 16.2. The maximum atomic E-state index is 12.2. The van der Waals surface area contributed by atoms with E-state index in [1.807, 2.05) is 55.5 Å². The van der Waals surface area contributed by atoms with Gasteiger partial charge in [0.2, 0.25) is 11.8 Å². The molecule has 0 bridgehead atoms. The molecule has 0 saturated carbocycles. The van der Waals surface area contributed by atoms with Crippen molar-refractivity contribution in [3.8, 4) is 0 Å². The number of carbonyl (C=O) groups excluding carboxylic acids is 2. The molecule has 0 fully saturated rings. The van der Waals surface area contributed by atoms with Gasteiger partial charge in [-0.2, -0.15) is 0 Å². The predicted octanol–water partition coefficient (Wildman–Crippen LogP) is 2.61. The second kappa shape index (κ2) is 8.15. The van der Waals surface area contributed by atoms with Crippen LogP contribution in [0.2, 0.25) is 0 Å². The number of aryl methyl sites for hydroxylation is 2. The largest absolute Gasteiger partial charge is 0.399 e. The first kappa shape index (κ1) is 17.5. The molecule has 0 radical (unpaired) electrons. The molecule has 24 heavy (non-hydrogen) atoms. The van der Waals surface area contributed by atoms with Crippen LogP contribution < -0.4 is 11.1 Å². The minimum absolute atomic E-state index is 0.0248. The fourth-order valence-electron chi connectivity index (χ4n) is 2.34. The number of rotatable bonds is 6. The van der Waals surface area contributed by atoms with E-state index in [-0.39, 0.29) is 18.4 Å². The Hall–Kier alpha value is -2.82. The molecule has 0 aliphatic heterocycles. The summed E-state index contributed by atoms with van der Waals surface area (Å²) in [4.78, 5) is 25.6. The molecule has 0 spiro atoms. The van der Waals surface area contributed by atoms with Crippen LogP contribution >= 0.6 is 0 Å². The zero-order valence-corrected chi connectivity index (χ0v) is 14.1. The number of nitrogen functional groups attached to an aromatic ring is 1. The molecule has 0 aliphatic carbocycles. The number of likely N-dealkylation sites (N-methyl/N-ethyl adjacent to an activating group) is 1. The number of amides is 2. The van der Waals surface area contributed by atoms with Gasteiger partial charge in [0.15, 0.2) is 0 Å². The van der Waals surface area contributed by atoms with Crippen LogP contribution in [0.15, 0.2) is 48.5 Å². The Morgan fingerprint density at radius 3 is 2.42 bits per heavy atom. The molecule has 0 aliphatic rings. The summed E-state index contributed by atoms with van der Waals surface area (Å²) in [6.07, 6.45) is 0.887. The van der Waals surface area contributed by atoms with Crippen molar-refractivity contribution in [2.45, 2.75) is 19.8 Å². The number of para-hydroxylation sites is 1. The molecule has 3 N–H and O–H groups in total. The average molecular weight is 325 g/mol. The normalized spacial score (nSPS) is 10.2. The summed E-state index contributed by atoms with van der Waals surface area (Å²) in [6, 6.07) is 15.0. The Kier molecular flexibility index (Phi) is 5.95. The van der Waals surface area contributed by atoms with Crippen LogP contribution in [0, 0.1) is 6.92 Å². The van der Waals surface area contributed by atoms with E-state index in [2.05, 4.69) is 5.32 Å². The van der Waals surface area contributed by atoms with Crippen molar-refractivity contribution in [2.24, 2.45) is 0 Å². The summed E-state index contributed by atoms with van der Waals surface area (Å²) in [7, 11) is 1.63. The maximum Gasteiger partial charge on any atom is 0.243 e. The van der Waals surface area contributed by atoms with E-state index >= 15 is 0 Å². The van der Waals surface area contributed by atoms with Gasteiger partial charge in [0.05, 0.1) is 6.54 Å². The quantitative estimate of drug-likeness (QED) is 0.802. The molecule has 2 aromatic carbocycles. The molecule has 0 unspecified atom stereocenters. The molecule has 0 aromatic heterocycles. The molecule has 2 rings (SSSR count). The second-order valence-electron chi connectivity index (χ2n) is 5.86. The molecule has 5 heteroatoms. The highest BCUT2D eigenvalue weighted by molar-refractivity contribution is 5.94. The Bertz CT molecular complexity index is 711. The van der Waals surface area contributed by atoms with Crippen LogP contribution in [0.25, 0.3) is 0 Å². The number of carbonyl (C=O) groups is 2. The number of nitrogens with one attached hydrogen (secondary N) is 1. The van der Waals surface area contributed by atoms with Crippen LogP contribution in [0.1, 0.15) is 17.5 Å². The van der Waals surface area contributed by atoms with Gasteiger partial charge in [0, 0.05) is 24.8 Å². The van der Waals surface area contributed by atoms with E-state index < -0.39 is 0 Å². The highest BCUT2D eigenvalue weighted by Crippen LogP contribution is 2.13. The van der Waals surface area contributed by atoms with E-state index in [1.54, 1.807) is 7.05 Å². The Balaban J connectivity index is 1.81. The third-order valence-electron chi connectivity index (χ3n) is 3.81. The van der Waals surface area contributed by atoms with Gasteiger partial charge in [-0.1, -0.05) is 35.9 Å². The van der Waals surface area contributed by atoms with E-state index in [9.17, 15) is 9.59 Å². The number of benzene rings is 2. The minimum atomic E-state index is -0.214. The number of hydrogen-bond acceptors (Lipinski definition) is 3. The van der Waals surface area contributed by atoms with Crippen LogP contribution in [0.4, 0.5) is 11.4 Å². The minimum Gasteiger partial charge on any atom is -0.399 e. The average Bonchev–Trinajstić information content (AvgIpc) is 2.56. The SMILES string of the molecule is Cc1ccc(NC(=O)CN(C)C(=O)CCc2ccccc2N)cc1. The molecule has 0 saturated heterocycles. The van der Waals surface area contributed by atoms with Crippen molar-refractivity contribution in [2.75, 3.05) is 24.6 Å². The maximum absolute atomic E-state index is 12.2. The van der Waals surface area contributed by atoms with Crippen molar-refractivity contribution in [3.05, 3.63) is 59.7 Å². The van der Waals surface area contributed by atoms with Gasteiger partial charge in [-0.25, -0.2) is 0 Å². The summed E-state index contributed by atoms with van der Waals surface area (Å²) in [5, 5.41) is 2.78. The fraction of sp³-hybridized carbons (Fsp3) is 0.263. The molecule has 2 amide bonds. The monoisotopic (exact) mass is 325 g/mol. The Morgan fingerprint density at radius 1 is 1.08 bits per heavy atom. The molecule has 0 atom stereocenters. The zero-order chi connectivity index (χ0) is 17.5. The molecule has 2 aromatic rings. The van der Waals surface area contributed by atoms with Gasteiger partial charge >= 0.3 is 0 Å². The molecular formula is C19H23N3O2. The lowest BCUT2D eigenvalue weighted by Gasteiger charge is -2.17. The molecular weight excluding hydrogens is 302 g/mol. The smallest absolute Gasteiger partial charge is 0.243 e. The first-order valence-electron chi connectivity index (χ1n) is 7.89.